The van der Waals surface area contributed by atoms with Crippen LogP contribution in [0.4, 0.5) is 5.69 Å². The summed E-state index contributed by atoms with van der Waals surface area (Å²) in [6, 6.07) is 15.0. The fourth-order valence-electron chi connectivity index (χ4n) is 4.12. The van der Waals surface area contributed by atoms with Crippen LogP contribution < -0.4 is 16.8 Å². The lowest BCUT2D eigenvalue weighted by atomic mass is 9.92. The molecule has 0 radical (unpaired) electrons. The second-order valence-corrected chi connectivity index (χ2v) is 9.02. The van der Waals surface area contributed by atoms with E-state index in [1.807, 2.05) is 38.1 Å². The van der Waals surface area contributed by atoms with Gasteiger partial charge in [0.2, 0.25) is 0 Å². The lowest BCUT2D eigenvalue weighted by Gasteiger charge is -2.21. The zero-order valence-electron chi connectivity index (χ0n) is 20.3. The normalized spacial score (nSPS) is 11.1. The number of H-pyrrole nitrogens is 1. The van der Waals surface area contributed by atoms with E-state index < -0.39 is 5.76 Å². The van der Waals surface area contributed by atoms with Crippen LogP contribution in [-0.4, -0.2) is 21.0 Å². The Hall–Kier alpha value is -4.04. The Balaban J connectivity index is 1.80. The maximum Gasteiger partial charge on any atom is 0.439 e. The molecule has 0 saturated heterocycles. The lowest BCUT2D eigenvalue weighted by molar-refractivity contribution is 0.102. The summed E-state index contributed by atoms with van der Waals surface area (Å²) in [6.45, 7) is 8.53. The Bertz CT molecular complexity index is 1420. The van der Waals surface area contributed by atoms with Gasteiger partial charge in [0.05, 0.1) is 11.4 Å². The van der Waals surface area contributed by atoms with Crippen LogP contribution >= 0.6 is 0 Å². The summed E-state index contributed by atoms with van der Waals surface area (Å²) >= 11 is 0. The molecule has 4 rings (SSSR count). The molecule has 2 aromatic carbocycles. The topological polar surface area (TPSA) is 127 Å². The van der Waals surface area contributed by atoms with E-state index in [4.69, 9.17) is 10.7 Å². The Morgan fingerprint density at radius 2 is 1.86 bits per heavy atom. The van der Waals surface area contributed by atoms with Gasteiger partial charge < -0.3 is 11.1 Å². The number of aromatic nitrogens is 3. The van der Waals surface area contributed by atoms with E-state index in [-0.39, 0.29) is 11.7 Å². The number of anilines is 1. The largest absolute Gasteiger partial charge is 0.439 e. The van der Waals surface area contributed by atoms with Crippen molar-refractivity contribution in [2.45, 2.75) is 40.7 Å². The smallest absolute Gasteiger partial charge is 0.326 e. The molecule has 0 aliphatic rings. The Kier molecular flexibility index (Phi) is 6.93. The monoisotopic (exact) mass is 471 g/mol. The fourth-order valence-corrected chi connectivity index (χ4v) is 4.12. The van der Waals surface area contributed by atoms with Gasteiger partial charge in [-0.3, -0.25) is 19.3 Å². The summed E-state index contributed by atoms with van der Waals surface area (Å²) in [5.41, 5.74) is 13.4. The molecule has 0 spiro atoms. The van der Waals surface area contributed by atoms with Crippen molar-refractivity contribution in [1.82, 2.24) is 15.1 Å². The Morgan fingerprint density at radius 3 is 2.49 bits per heavy atom. The zero-order chi connectivity index (χ0) is 25.1. The van der Waals surface area contributed by atoms with Gasteiger partial charge >= 0.3 is 5.76 Å². The average molecular weight is 472 g/mol. The molecule has 0 unspecified atom stereocenters. The maximum absolute atomic E-state index is 13.4. The first-order chi connectivity index (χ1) is 16.8. The van der Waals surface area contributed by atoms with Crippen LogP contribution in [0.2, 0.25) is 0 Å². The summed E-state index contributed by atoms with van der Waals surface area (Å²) in [6.07, 6.45) is 0.790. The molecule has 0 bridgehead atoms. The minimum atomic E-state index is -0.657. The van der Waals surface area contributed by atoms with Gasteiger partial charge in [-0.1, -0.05) is 61.0 Å². The molecule has 0 atom stereocenters. The van der Waals surface area contributed by atoms with E-state index in [9.17, 15) is 9.59 Å². The highest BCUT2D eigenvalue weighted by atomic mass is 16.5. The number of carbonyl (C=O) groups excluding carboxylic acids is 1. The number of amides is 1. The maximum atomic E-state index is 13.4. The van der Waals surface area contributed by atoms with E-state index in [1.54, 1.807) is 24.3 Å². The highest BCUT2D eigenvalue weighted by Crippen LogP contribution is 2.36. The van der Waals surface area contributed by atoms with E-state index in [2.05, 4.69) is 33.8 Å². The van der Waals surface area contributed by atoms with Crippen molar-refractivity contribution in [3.63, 3.8) is 0 Å². The quantitative estimate of drug-likeness (QED) is 0.361. The number of aromatic amines is 1. The van der Waals surface area contributed by atoms with Crippen LogP contribution in [0.5, 0.6) is 0 Å². The Labute approximate surface area is 203 Å². The molecule has 0 saturated carbocycles. The van der Waals surface area contributed by atoms with Gasteiger partial charge in [-0.25, -0.2) is 4.79 Å². The van der Waals surface area contributed by atoms with Crippen molar-refractivity contribution >= 4 is 11.6 Å². The van der Waals surface area contributed by atoms with Gasteiger partial charge in [0, 0.05) is 28.9 Å². The van der Waals surface area contributed by atoms with Crippen LogP contribution in [0, 0.1) is 19.8 Å². The molecular weight excluding hydrogens is 442 g/mol. The number of nitrogens with two attached hydrogens (primary N) is 1. The first-order valence-corrected chi connectivity index (χ1v) is 11.5. The number of nitrogens with zero attached hydrogens (tertiary/aromatic N) is 2. The molecule has 0 aliphatic carbocycles. The van der Waals surface area contributed by atoms with E-state index in [1.165, 1.54) is 0 Å². The minimum absolute atomic E-state index is 0.256. The summed E-state index contributed by atoms with van der Waals surface area (Å²) in [4.78, 5) is 32.0. The van der Waals surface area contributed by atoms with Crippen molar-refractivity contribution in [1.29, 1.82) is 0 Å². The molecule has 0 fully saturated rings. The van der Waals surface area contributed by atoms with Crippen molar-refractivity contribution in [2.24, 2.45) is 11.7 Å². The fraction of sp³-hybridized carbons (Fsp3) is 0.259. The number of pyridine rings is 1. The summed E-state index contributed by atoms with van der Waals surface area (Å²) < 4.78 is 4.59. The number of aryl methyl sites for hydroxylation is 2. The number of hydrogen-bond donors (Lipinski definition) is 3. The molecule has 0 aliphatic heterocycles. The number of benzene rings is 2. The molecule has 4 N–H and O–H groups in total. The third-order valence-corrected chi connectivity index (χ3v) is 5.79. The van der Waals surface area contributed by atoms with E-state index >= 15 is 0 Å². The van der Waals surface area contributed by atoms with E-state index in [0.29, 0.717) is 29.3 Å². The Morgan fingerprint density at radius 1 is 1.11 bits per heavy atom. The average Bonchev–Trinajstić information content (AvgIpc) is 3.27. The second-order valence-electron chi connectivity index (χ2n) is 9.02. The number of rotatable bonds is 7. The number of carbonyl (C=O) groups is 1. The first-order valence-electron chi connectivity index (χ1n) is 11.5. The second kappa shape index (κ2) is 10.1. The number of nitrogens with one attached hydrogen (secondary N) is 2. The van der Waals surface area contributed by atoms with Gasteiger partial charge in [-0.2, -0.15) is 0 Å². The molecule has 180 valence electrons. The first kappa shape index (κ1) is 24.1. The molecule has 8 nitrogen and oxygen atoms in total. The van der Waals surface area contributed by atoms with Gasteiger partial charge in [-0.05, 0) is 49.4 Å². The van der Waals surface area contributed by atoms with Crippen LogP contribution in [0.1, 0.15) is 46.7 Å². The predicted octanol–water partition coefficient (Wildman–Crippen LogP) is 4.62. The van der Waals surface area contributed by atoms with Crippen molar-refractivity contribution in [3.8, 4) is 22.5 Å². The molecule has 1 amide bonds. The highest BCUT2D eigenvalue weighted by molar-refractivity contribution is 6.07. The van der Waals surface area contributed by atoms with Gasteiger partial charge in [0.15, 0.2) is 5.82 Å². The lowest BCUT2D eigenvalue weighted by Crippen LogP contribution is -2.18. The number of hydrogen-bond acceptors (Lipinski definition) is 6. The third kappa shape index (κ3) is 5.22. The van der Waals surface area contributed by atoms with Gasteiger partial charge in [0.1, 0.15) is 0 Å². The van der Waals surface area contributed by atoms with Crippen molar-refractivity contribution in [3.05, 3.63) is 87.2 Å². The van der Waals surface area contributed by atoms with Crippen LogP contribution in [0.25, 0.3) is 22.5 Å². The molecule has 4 aromatic rings. The van der Waals surface area contributed by atoms with Crippen molar-refractivity contribution in [2.75, 3.05) is 5.32 Å². The summed E-state index contributed by atoms with van der Waals surface area (Å²) in [5, 5.41) is 6.78. The third-order valence-electron chi connectivity index (χ3n) is 5.79. The zero-order valence-corrected chi connectivity index (χ0v) is 20.3. The molecule has 2 aromatic heterocycles. The van der Waals surface area contributed by atoms with Crippen LogP contribution in [0.3, 0.4) is 0 Å². The standard InChI is InChI=1S/C27H29N5O3/c1-15(2)12-22-21(14-28)23(18-10-8-16(3)9-11-18)24(17(4)29-22)30-26(33)20-7-5-6-19(13-20)25-31-27(34)35-32-25/h5-11,13,15H,12,14,28H2,1-4H3,(H,30,33)(H,31,32,34). The predicted molar refractivity (Wildman–Crippen MR) is 136 cm³/mol. The van der Waals surface area contributed by atoms with E-state index in [0.717, 1.165) is 40.1 Å². The minimum Gasteiger partial charge on any atom is -0.326 e. The van der Waals surface area contributed by atoms with Crippen LogP contribution in [-0.2, 0) is 13.0 Å². The van der Waals surface area contributed by atoms with Gasteiger partial charge in [0.25, 0.3) is 5.91 Å². The highest BCUT2D eigenvalue weighted by Gasteiger charge is 2.21. The SMILES string of the molecule is Cc1ccc(-c2c(CN)c(CC(C)C)nc(C)c2NC(=O)c2cccc(-c3noc(=O)[nH]3)c2)cc1. The van der Waals surface area contributed by atoms with Crippen LogP contribution in [0.15, 0.2) is 57.8 Å². The molecule has 35 heavy (non-hydrogen) atoms. The van der Waals surface area contributed by atoms with Crippen molar-refractivity contribution < 1.29 is 9.32 Å². The molecule has 8 heteroatoms. The molecule has 2 heterocycles. The molecular formula is C27H29N5O3. The summed E-state index contributed by atoms with van der Waals surface area (Å²) in [7, 11) is 0. The van der Waals surface area contributed by atoms with Gasteiger partial charge in [-0.15, -0.1) is 0 Å². The summed E-state index contributed by atoms with van der Waals surface area (Å²) in [5.74, 6) is -0.304.